The summed E-state index contributed by atoms with van der Waals surface area (Å²) in [7, 11) is -4.21. The van der Waals surface area contributed by atoms with Gasteiger partial charge in [0.1, 0.15) is 5.82 Å². The average molecular weight is 220 g/mol. The number of nitrogens with two attached hydrogens (primary N) is 1. The average Bonchev–Trinajstić information content (AvgIpc) is 2.00. The number of aromatic nitrogens is 2. The monoisotopic (exact) mass is 220 g/mol. The predicted octanol–water partition coefficient (Wildman–Crippen LogP) is -1.67. The molecule has 0 aliphatic carbocycles. The van der Waals surface area contributed by atoms with Crippen molar-refractivity contribution in [3.8, 4) is 5.88 Å². The molecular weight excluding hydrogens is 216 g/mol. The summed E-state index contributed by atoms with van der Waals surface area (Å²) in [6, 6.07) is 0. The fraction of sp³-hybridized carbons (Fsp3) is 0. The molecule has 76 valence electrons. The molecule has 9 nitrogen and oxygen atoms in total. The van der Waals surface area contributed by atoms with Crippen LogP contribution in [-0.2, 0) is 14.7 Å². The normalized spacial score (nSPS) is 17.7. The van der Waals surface area contributed by atoms with Crippen LogP contribution in [0, 0.1) is 0 Å². The predicted molar refractivity (Wildman–Crippen MR) is 43.5 cm³/mol. The molecule has 0 unspecified atom stereocenters. The number of nitrogen functional groups attached to an aromatic ring is 1. The van der Waals surface area contributed by atoms with Crippen LogP contribution in [0.15, 0.2) is 4.79 Å². The first-order chi connectivity index (χ1) is 6.48. The number of nitrogens with one attached hydrogen (secondary N) is 2. The lowest BCUT2D eigenvalue weighted by Gasteiger charge is -2.16. The standard InChI is InChI=1S/C4H4N4O5S/c5-2-1-3(7-4(9)6-2)12-14(10,11)13-8-1/h8H,(H3,5,6,7,9). The minimum absolute atomic E-state index is 0.0422. The molecule has 0 aromatic carbocycles. The Morgan fingerprint density at radius 2 is 2.14 bits per heavy atom. The molecule has 0 saturated heterocycles. The van der Waals surface area contributed by atoms with Gasteiger partial charge in [-0.1, -0.05) is 0 Å². The molecule has 1 aliphatic rings. The van der Waals surface area contributed by atoms with E-state index < -0.39 is 22.0 Å². The second kappa shape index (κ2) is 2.59. The van der Waals surface area contributed by atoms with Gasteiger partial charge >= 0.3 is 16.1 Å². The molecule has 0 atom stereocenters. The second-order valence-corrected chi connectivity index (χ2v) is 3.46. The lowest BCUT2D eigenvalue weighted by Crippen LogP contribution is -2.27. The molecule has 0 radical (unpaired) electrons. The van der Waals surface area contributed by atoms with Gasteiger partial charge in [0.2, 0.25) is 0 Å². The first kappa shape index (κ1) is 8.77. The van der Waals surface area contributed by atoms with Gasteiger partial charge < -0.3 is 9.92 Å². The van der Waals surface area contributed by atoms with Crippen molar-refractivity contribution in [3.05, 3.63) is 10.5 Å². The van der Waals surface area contributed by atoms with Crippen LogP contribution >= 0.6 is 0 Å². The van der Waals surface area contributed by atoms with Crippen LogP contribution in [-0.4, -0.2) is 18.4 Å². The summed E-state index contributed by atoms with van der Waals surface area (Å²) in [4.78, 5) is 16.1. The van der Waals surface area contributed by atoms with E-state index in [1.54, 1.807) is 0 Å². The summed E-state index contributed by atoms with van der Waals surface area (Å²) in [6.07, 6.45) is 0. The highest BCUT2D eigenvalue weighted by Gasteiger charge is 2.27. The Balaban J connectivity index is 2.63. The Bertz CT molecular complexity index is 533. The van der Waals surface area contributed by atoms with E-state index in [0.29, 0.717) is 0 Å². The van der Waals surface area contributed by atoms with Gasteiger partial charge in [-0.15, -0.1) is 4.28 Å². The van der Waals surface area contributed by atoms with E-state index in [2.05, 4.69) is 18.4 Å². The Morgan fingerprint density at radius 1 is 1.43 bits per heavy atom. The Morgan fingerprint density at radius 3 is 2.86 bits per heavy atom. The summed E-state index contributed by atoms with van der Waals surface area (Å²) >= 11 is 0. The van der Waals surface area contributed by atoms with E-state index in [9.17, 15) is 13.2 Å². The van der Waals surface area contributed by atoms with Crippen molar-refractivity contribution in [2.75, 3.05) is 11.2 Å². The van der Waals surface area contributed by atoms with E-state index in [0.717, 1.165) is 0 Å². The van der Waals surface area contributed by atoms with E-state index in [1.807, 2.05) is 5.48 Å². The molecule has 0 bridgehead atoms. The van der Waals surface area contributed by atoms with Gasteiger partial charge in [-0.25, -0.2) is 10.3 Å². The number of rotatable bonds is 0. The Hall–Kier alpha value is -1.81. The van der Waals surface area contributed by atoms with Gasteiger partial charge in [-0.05, 0) is 0 Å². The topological polar surface area (TPSA) is 136 Å². The van der Waals surface area contributed by atoms with E-state index >= 15 is 0 Å². The van der Waals surface area contributed by atoms with Crippen molar-refractivity contribution >= 4 is 21.9 Å². The van der Waals surface area contributed by atoms with Crippen molar-refractivity contribution in [1.29, 1.82) is 0 Å². The summed E-state index contributed by atoms with van der Waals surface area (Å²) in [6.45, 7) is 0. The lowest BCUT2D eigenvalue weighted by atomic mass is 10.5. The van der Waals surface area contributed by atoms with Gasteiger partial charge in [-0.3, -0.25) is 4.98 Å². The van der Waals surface area contributed by atoms with Crippen LogP contribution in [0.25, 0.3) is 0 Å². The van der Waals surface area contributed by atoms with Crippen LogP contribution in [0.3, 0.4) is 0 Å². The summed E-state index contributed by atoms with van der Waals surface area (Å²) in [5.41, 5.74) is 6.43. The van der Waals surface area contributed by atoms with Crippen molar-refractivity contribution in [3.63, 3.8) is 0 Å². The minimum Gasteiger partial charge on any atom is -0.383 e. The fourth-order valence-electron chi connectivity index (χ4n) is 0.834. The largest absolute Gasteiger partial charge is 0.472 e. The van der Waals surface area contributed by atoms with E-state index in [1.165, 1.54) is 0 Å². The maximum atomic E-state index is 10.8. The number of hydrogen-bond acceptors (Lipinski definition) is 8. The first-order valence-electron chi connectivity index (χ1n) is 3.26. The number of fused-ring (bicyclic) bond motifs is 1. The Labute approximate surface area is 77.1 Å². The van der Waals surface area contributed by atoms with E-state index in [4.69, 9.17) is 5.73 Å². The third kappa shape index (κ3) is 1.36. The van der Waals surface area contributed by atoms with Crippen LogP contribution < -0.4 is 21.1 Å². The van der Waals surface area contributed by atoms with Crippen LogP contribution in [0.1, 0.15) is 0 Å². The quantitative estimate of drug-likeness (QED) is 0.472. The second-order valence-electron chi connectivity index (χ2n) is 2.31. The maximum absolute atomic E-state index is 10.8. The smallest absolute Gasteiger partial charge is 0.383 e. The molecule has 10 heteroatoms. The van der Waals surface area contributed by atoms with Gasteiger partial charge in [0.15, 0.2) is 5.69 Å². The maximum Gasteiger partial charge on any atom is 0.472 e. The zero-order valence-electron chi connectivity index (χ0n) is 6.47. The molecule has 0 spiro atoms. The van der Waals surface area contributed by atoms with Crippen molar-refractivity contribution < 1.29 is 16.9 Å². The highest BCUT2D eigenvalue weighted by molar-refractivity contribution is 7.82. The summed E-state index contributed by atoms with van der Waals surface area (Å²) in [5, 5.41) is 0. The molecule has 14 heavy (non-hydrogen) atoms. The minimum atomic E-state index is -4.21. The number of anilines is 2. The van der Waals surface area contributed by atoms with Crippen LogP contribution in [0.2, 0.25) is 0 Å². The van der Waals surface area contributed by atoms with Gasteiger partial charge in [0.25, 0.3) is 5.88 Å². The van der Waals surface area contributed by atoms with Crippen molar-refractivity contribution in [2.45, 2.75) is 0 Å². The molecule has 0 saturated carbocycles. The zero-order chi connectivity index (χ0) is 10.3. The van der Waals surface area contributed by atoms with Crippen LogP contribution in [0.5, 0.6) is 5.88 Å². The molecule has 4 N–H and O–H groups in total. The number of aromatic amines is 1. The number of nitrogens with zero attached hydrogens (tertiary/aromatic N) is 1. The molecule has 1 aromatic heterocycles. The highest BCUT2D eigenvalue weighted by atomic mass is 32.3. The molecule has 0 amide bonds. The molecular formula is C4H4N4O5S. The Kier molecular flexibility index (Phi) is 1.62. The van der Waals surface area contributed by atoms with Crippen molar-refractivity contribution in [2.24, 2.45) is 0 Å². The molecule has 2 heterocycles. The van der Waals surface area contributed by atoms with Crippen molar-refractivity contribution in [1.82, 2.24) is 9.97 Å². The van der Waals surface area contributed by atoms with Crippen LogP contribution in [0.4, 0.5) is 11.5 Å². The fourth-order valence-corrected chi connectivity index (χ4v) is 1.37. The van der Waals surface area contributed by atoms with Gasteiger partial charge in [0.05, 0.1) is 0 Å². The third-order valence-electron chi connectivity index (χ3n) is 1.35. The van der Waals surface area contributed by atoms with Gasteiger partial charge in [-0.2, -0.15) is 13.4 Å². The summed E-state index contributed by atoms with van der Waals surface area (Å²) < 4.78 is 29.8. The highest BCUT2D eigenvalue weighted by Crippen LogP contribution is 2.29. The molecule has 2 rings (SSSR count). The SMILES string of the molecule is Nc1[nH]c(=O)nc2c1NOS(=O)(=O)O2. The first-order valence-corrected chi connectivity index (χ1v) is 4.60. The molecule has 1 aromatic rings. The lowest BCUT2D eigenvalue weighted by molar-refractivity contribution is 0.304. The van der Waals surface area contributed by atoms with Gasteiger partial charge in [0, 0.05) is 0 Å². The number of hydrogen-bond donors (Lipinski definition) is 3. The molecule has 1 aliphatic heterocycles. The van der Waals surface area contributed by atoms with E-state index in [-0.39, 0.29) is 11.5 Å². The zero-order valence-corrected chi connectivity index (χ0v) is 7.29. The summed E-state index contributed by atoms with van der Waals surface area (Å²) in [5.74, 6) is -0.576. The molecule has 0 fully saturated rings. The third-order valence-corrected chi connectivity index (χ3v) is 2.00. The number of H-pyrrole nitrogens is 1.